The summed E-state index contributed by atoms with van der Waals surface area (Å²) in [5, 5.41) is 6.59. The fraction of sp³-hybridized carbons (Fsp3) is 0.348. The Balaban J connectivity index is 1.95. The van der Waals surface area contributed by atoms with Crippen LogP contribution in [0.25, 0.3) is 0 Å². The van der Waals surface area contributed by atoms with Crippen LogP contribution >= 0.6 is 0 Å². The molecule has 2 N–H and O–H groups in total. The Morgan fingerprint density at radius 2 is 1.77 bits per heavy atom. The van der Waals surface area contributed by atoms with E-state index in [1.165, 1.54) is 6.21 Å². The standard InChI is InChI=1S/C23H29N3O4/c1-4-29-23(28)25-21(14-18-8-6-5-7-9-18)22(27)26-24-15-19-10-12-20(13-11-19)30-16-17(2)3/h5-13,15,17,21H,4,14,16H2,1-3H3,(H,25,28)(H,26,27)/b24-15-/t21-/m0/s1. The summed E-state index contributed by atoms with van der Waals surface area (Å²) in [6, 6.07) is 16.0. The van der Waals surface area contributed by atoms with Gasteiger partial charge in [0.15, 0.2) is 0 Å². The first-order valence-corrected chi connectivity index (χ1v) is 10.0. The molecule has 0 saturated heterocycles. The molecule has 2 aromatic carbocycles. The lowest BCUT2D eigenvalue weighted by atomic mass is 10.1. The van der Waals surface area contributed by atoms with Crippen molar-refractivity contribution in [3.05, 3.63) is 65.7 Å². The predicted octanol–water partition coefficient (Wildman–Crippen LogP) is 3.53. The number of benzene rings is 2. The summed E-state index contributed by atoms with van der Waals surface area (Å²) >= 11 is 0. The second-order valence-electron chi connectivity index (χ2n) is 7.12. The van der Waals surface area contributed by atoms with Gasteiger partial charge >= 0.3 is 6.09 Å². The van der Waals surface area contributed by atoms with E-state index in [4.69, 9.17) is 9.47 Å². The van der Waals surface area contributed by atoms with Crippen LogP contribution < -0.4 is 15.5 Å². The summed E-state index contributed by atoms with van der Waals surface area (Å²) in [4.78, 5) is 24.4. The van der Waals surface area contributed by atoms with Gasteiger partial charge in [-0.15, -0.1) is 0 Å². The van der Waals surface area contributed by atoms with Gasteiger partial charge in [0.05, 0.1) is 19.4 Å². The van der Waals surface area contributed by atoms with Gasteiger partial charge < -0.3 is 14.8 Å². The van der Waals surface area contributed by atoms with Crippen molar-refractivity contribution in [2.75, 3.05) is 13.2 Å². The number of carbonyl (C=O) groups is 2. The maximum atomic E-state index is 12.6. The highest BCUT2D eigenvalue weighted by Gasteiger charge is 2.21. The van der Waals surface area contributed by atoms with Gasteiger partial charge in [-0.25, -0.2) is 10.2 Å². The molecule has 0 fully saturated rings. The van der Waals surface area contributed by atoms with Crippen LogP contribution in [0.2, 0.25) is 0 Å². The third kappa shape index (κ3) is 8.34. The van der Waals surface area contributed by atoms with Crippen LogP contribution in [-0.4, -0.2) is 37.5 Å². The Labute approximate surface area is 177 Å². The fourth-order valence-corrected chi connectivity index (χ4v) is 2.54. The van der Waals surface area contributed by atoms with Crippen molar-refractivity contribution in [3.63, 3.8) is 0 Å². The van der Waals surface area contributed by atoms with Crippen LogP contribution in [0.15, 0.2) is 59.7 Å². The lowest BCUT2D eigenvalue weighted by molar-refractivity contribution is -0.123. The minimum absolute atomic E-state index is 0.223. The number of ether oxygens (including phenoxy) is 2. The highest BCUT2D eigenvalue weighted by Crippen LogP contribution is 2.12. The fourth-order valence-electron chi connectivity index (χ4n) is 2.54. The molecule has 2 aromatic rings. The van der Waals surface area contributed by atoms with Gasteiger partial charge in [-0.2, -0.15) is 5.10 Å². The van der Waals surface area contributed by atoms with Crippen molar-refractivity contribution in [2.45, 2.75) is 33.2 Å². The van der Waals surface area contributed by atoms with Crippen LogP contribution in [0.4, 0.5) is 4.79 Å². The maximum Gasteiger partial charge on any atom is 0.407 e. The van der Waals surface area contributed by atoms with Gasteiger partial charge in [0.2, 0.25) is 0 Å². The molecule has 0 heterocycles. The van der Waals surface area contributed by atoms with Crippen molar-refractivity contribution in [1.29, 1.82) is 0 Å². The van der Waals surface area contributed by atoms with E-state index in [0.29, 0.717) is 18.9 Å². The molecule has 0 radical (unpaired) electrons. The van der Waals surface area contributed by atoms with Crippen LogP contribution in [0.1, 0.15) is 31.9 Å². The molecule has 0 spiro atoms. The first-order chi connectivity index (χ1) is 14.5. The Bertz CT molecular complexity index is 820. The minimum Gasteiger partial charge on any atom is -0.493 e. The van der Waals surface area contributed by atoms with Crippen molar-refractivity contribution >= 4 is 18.2 Å². The quantitative estimate of drug-likeness (QED) is 0.462. The molecular formula is C23H29N3O4. The molecule has 160 valence electrons. The summed E-state index contributed by atoms with van der Waals surface area (Å²) in [6.45, 7) is 6.76. The van der Waals surface area contributed by atoms with Crippen molar-refractivity contribution in [3.8, 4) is 5.75 Å². The Hall–Kier alpha value is -3.35. The Morgan fingerprint density at radius 1 is 1.07 bits per heavy atom. The van der Waals surface area contributed by atoms with Crippen molar-refractivity contribution in [2.24, 2.45) is 11.0 Å². The van der Waals surface area contributed by atoms with Gasteiger partial charge in [0, 0.05) is 6.42 Å². The molecule has 0 aliphatic carbocycles. The van der Waals surface area contributed by atoms with E-state index >= 15 is 0 Å². The molecule has 0 aliphatic heterocycles. The van der Waals surface area contributed by atoms with Gasteiger partial charge in [-0.05, 0) is 48.2 Å². The normalized spacial score (nSPS) is 11.9. The Morgan fingerprint density at radius 3 is 2.40 bits per heavy atom. The molecule has 2 rings (SSSR count). The van der Waals surface area contributed by atoms with E-state index in [-0.39, 0.29) is 6.61 Å². The molecule has 7 heteroatoms. The molecule has 7 nitrogen and oxygen atoms in total. The van der Waals surface area contributed by atoms with Crippen LogP contribution in [0.3, 0.4) is 0 Å². The average Bonchev–Trinajstić information content (AvgIpc) is 2.73. The molecule has 30 heavy (non-hydrogen) atoms. The lowest BCUT2D eigenvalue weighted by Gasteiger charge is -2.16. The first kappa shape index (κ1) is 22.9. The molecule has 0 aliphatic rings. The maximum absolute atomic E-state index is 12.6. The summed E-state index contributed by atoms with van der Waals surface area (Å²) in [7, 11) is 0. The number of nitrogens with zero attached hydrogens (tertiary/aromatic N) is 1. The number of amides is 2. The van der Waals surface area contributed by atoms with Crippen LogP contribution in [0, 0.1) is 5.92 Å². The van der Waals surface area contributed by atoms with Gasteiger partial charge in [0.25, 0.3) is 5.91 Å². The van der Waals surface area contributed by atoms with E-state index < -0.39 is 18.0 Å². The SMILES string of the molecule is CCOC(=O)N[C@@H](Cc1ccccc1)C(=O)N/N=C\c1ccc(OCC(C)C)cc1. The summed E-state index contributed by atoms with van der Waals surface area (Å²) < 4.78 is 10.5. The van der Waals surface area contributed by atoms with Gasteiger partial charge in [-0.3, -0.25) is 4.79 Å². The van der Waals surface area contributed by atoms with Gasteiger partial charge in [-0.1, -0.05) is 44.2 Å². The number of alkyl carbamates (subject to hydrolysis) is 1. The van der Waals surface area contributed by atoms with E-state index in [2.05, 4.69) is 29.7 Å². The number of carbonyl (C=O) groups excluding carboxylic acids is 2. The molecule has 0 aromatic heterocycles. The average molecular weight is 412 g/mol. The first-order valence-electron chi connectivity index (χ1n) is 10.0. The van der Waals surface area contributed by atoms with E-state index in [1.54, 1.807) is 6.92 Å². The molecular weight excluding hydrogens is 382 g/mol. The lowest BCUT2D eigenvalue weighted by Crippen LogP contribution is -2.47. The Kier molecular flexibility index (Phi) is 9.37. The summed E-state index contributed by atoms with van der Waals surface area (Å²) in [5.41, 5.74) is 4.21. The largest absolute Gasteiger partial charge is 0.493 e. The zero-order valence-electron chi connectivity index (χ0n) is 17.6. The molecule has 1 atom stereocenters. The third-order valence-electron chi connectivity index (χ3n) is 4.02. The number of nitrogens with one attached hydrogen (secondary N) is 2. The number of hydrazone groups is 1. The van der Waals surface area contributed by atoms with E-state index in [9.17, 15) is 9.59 Å². The predicted molar refractivity (Wildman–Crippen MR) is 117 cm³/mol. The molecule has 0 saturated carbocycles. The highest BCUT2D eigenvalue weighted by molar-refractivity contribution is 5.87. The number of hydrogen-bond donors (Lipinski definition) is 2. The highest BCUT2D eigenvalue weighted by atomic mass is 16.5. The van der Waals surface area contributed by atoms with E-state index in [0.717, 1.165) is 16.9 Å². The van der Waals surface area contributed by atoms with Crippen molar-refractivity contribution in [1.82, 2.24) is 10.7 Å². The van der Waals surface area contributed by atoms with Crippen molar-refractivity contribution < 1.29 is 19.1 Å². The topological polar surface area (TPSA) is 89.0 Å². The van der Waals surface area contributed by atoms with Crippen LogP contribution in [-0.2, 0) is 16.0 Å². The van der Waals surface area contributed by atoms with Crippen LogP contribution in [0.5, 0.6) is 5.75 Å². The monoisotopic (exact) mass is 411 g/mol. The summed E-state index contributed by atoms with van der Waals surface area (Å²) in [6.07, 6.45) is 1.21. The number of hydrogen-bond acceptors (Lipinski definition) is 5. The number of rotatable bonds is 10. The van der Waals surface area contributed by atoms with Gasteiger partial charge in [0.1, 0.15) is 11.8 Å². The minimum atomic E-state index is -0.810. The molecule has 0 unspecified atom stereocenters. The molecule has 0 bridgehead atoms. The molecule has 2 amide bonds. The third-order valence-corrected chi connectivity index (χ3v) is 4.02. The zero-order chi connectivity index (χ0) is 21.8. The van der Waals surface area contributed by atoms with E-state index in [1.807, 2.05) is 54.6 Å². The smallest absolute Gasteiger partial charge is 0.407 e. The second kappa shape index (κ2) is 12.3. The second-order valence-corrected chi connectivity index (χ2v) is 7.12. The summed E-state index contributed by atoms with van der Waals surface area (Å²) in [5.74, 6) is 0.806. The zero-order valence-corrected chi connectivity index (χ0v) is 17.6.